The van der Waals surface area contributed by atoms with E-state index < -0.39 is 0 Å². The van der Waals surface area contributed by atoms with Crippen LogP contribution in [0.15, 0.2) is 59.0 Å². The van der Waals surface area contributed by atoms with Crippen molar-refractivity contribution < 1.29 is 19.2 Å². The second kappa shape index (κ2) is 14.1. The molecule has 4 heterocycles. The maximum absolute atomic E-state index is 12.7. The largest absolute Gasteiger partial charge is 0.358 e. The third-order valence-corrected chi connectivity index (χ3v) is 9.11. The minimum absolute atomic E-state index is 0.0282. The summed E-state index contributed by atoms with van der Waals surface area (Å²) in [5.74, 6) is -0.285. The van der Waals surface area contributed by atoms with Crippen LogP contribution in [-0.2, 0) is 38.4 Å². The molecule has 10 nitrogen and oxygen atoms in total. The SMILES string of the molecule is C=CC1=C(C)/C(=C/c2[nH]c(Cc3[nH]c(/C=C4\NC(=O)C(C)=C4C=C)c(C)c3CCC(=O)N(C)C)c(CCC(=O)N(C)C)c2C)NC1=O. The van der Waals surface area contributed by atoms with Crippen LogP contribution in [0.4, 0.5) is 0 Å². The molecule has 4 rings (SSSR count). The third-order valence-electron chi connectivity index (χ3n) is 9.11. The van der Waals surface area contributed by atoms with Crippen molar-refractivity contribution in [3.05, 3.63) is 104 Å². The fourth-order valence-corrected chi connectivity index (χ4v) is 6.06. The monoisotopic (exact) mass is 638 g/mol. The Balaban J connectivity index is 1.82. The lowest BCUT2D eigenvalue weighted by molar-refractivity contribution is -0.129. The quantitative estimate of drug-likeness (QED) is 0.272. The number of aromatic amines is 2. The molecular formula is C37H46N6O4. The van der Waals surface area contributed by atoms with E-state index in [2.05, 4.69) is 33.8 Å². The van der Waals surface area contributed by atoms with Gasteiger partial charge in [0, 0.05) is 92.6 Å². The fraction of sp³-hybridized carbons (Fsp3) is 0.351. The Morgan fingerprint density at radius 3 is 1.53 bits per heavy atom. The van der Waals surface area contributed by atoms with Crippen molar-refractivity contribution >= 4 is 35.8 Å². The highest BCUT2D eigenvalue weighted by Gasteiger charge is 2.26. The number of amides is 4. The van der Waals surface area contributed by atoms with Gasteiger partial charge in [-0.15, -0.1) is 0 Å². The zero-order valence-corrected chi connectivity index (χ0v) is 28.8. The molecule has 0 unspecified atom stereocenters. The molecule has 0 saturated carbocycles. The molecule has 0 fully saturated rings. The summed E-state index contributed by atoms with van der Waals surface area (Å²) >= 11 is 0. The molecule has 4 amide bonds. The lowest BCUT2D eigenvalue weighted by Crippen LogP contribution is -2.22. The first-order valence-corrected chi connectivity index (χ1v) is 15.7. The molecule has 2 aromatic heterocycles. The van der Waals surface area contributed by atoms with Gasteiger partial charge in [-0.3, -0.25) is 19.2 Å². The topological polar surface area (TPSA) is 130 Å². The highest BCUT2D eigenvalue weighted by molar-refractivity contribution is 6.03. The highest BCUT2D eigenvalue weighted by atomic mass is 16.2. The molecule has 0 aromatic carbocycles. The molecule has 10 heteroatoms. The summed E-state index contributed by atoms with van der Waals surface area (Å²) in [6.07, 6.45) is 9.31. The summed E-state index contributed by atoms with van der Waals surface area (Å²) in [6, 6.07) is 0. The number of H-pyrrole nitrogens is 2. The van der Waals surface area contributed by atoms with Gasteiger partial charge in [-0.25, -0.2) is 0 Å². The molecular weight excluding hydrogens is 592 g/mol. The molecule has 248 valence electrons. The number of carbonyl (C=O) groups is 4. The van der Waals surface area contributed by atoms with Crippen molar-refractivity contribution in [2.24, 2.45) is 0 Å². The summed E-state index contributed by atoms with van der Waals surface area (Å²) in [7, 11) is 6.99. The van der Waals surface area contributed by atoms with Crippen molar-refractivity contribution in [3.8, 4) is 0 Å². The predicted molar refractivity (Wildman–Crippen MR) is 186 cm³/mol. The van der Waals surface area contributed by atoms with Gasteiger partial charge in [0.15, 0.2) is 0 Å². The van der Waals surface area contributed by atoms with Gasteiger partial charge >= 0.3 is 0 Å². The van der Waals surface area contributed by atoms with Gasteiger partial charge in [-0.1, -0.05) is 25.3 Å². The number of nitrogens with zero attached hydrogens (tertiary/aromatic N) is 2. The zero-order valence-electron chi connectivity index (χ0n) is 28.8. The number of nitrogens with one attached hydrogen (secondary N) is 4. The van der Waals surface area contributed by atoms with Crippen LogP contribution in [0.1, 0.15) is 71.7 Å². The lowest BCUT2D eigenvalue weighted by atomic mass is 9.98. The Bertz CT molecular complexity index is 1800. The van der Waals surface area contributed by atoms with Gasteiger partial charge in [0.25, 0.3) is 11.8 Å². The molecule has 0 atom stereocenters. The van der Waals surface area contributed by atoms with E-state index in [1.54, 1.807) is 57.1 Å². The molecule has 4 N–H and O–H groups in total. The van der Waals surface area contributed by atoms with Crippen LogP contribution in [0, 0.1) is 13.8 Å². The standard InChI is InChI=1S/C37H46N6O4/c1-11-24-23(6)36(46)41-31(24)18-29-22(5)27(14-16-35(45)43(9)10)33(39-29)19-32-26(13-15-34(44)42(7)8)21(4)28(38-32)17-30-20(3)25(12-2)37(47)40-30/h11-12,17-18,38-39H,1-2,13-16,19H2,3-10H3,(H,40,47)(H,41,46)/b30-17-,31-18-. The van der Waals surface area contributed by atoms with E-state index in [-0.39, 0.29) is 23.6 Å². The van der Waals surface area contributed by atoms with Gasteiger partial charge in [0.2, 0.25) is 11.8 Å². The summed E-state index contributed by atoms with van der Waals surface area (Å²) in [6.45, 7) is 15.4. The Morgan fingerprint density at radius 1 is 0.660 bits per heavy atom. The summed E-state index contributed by atoms with van der Waals surface area (Å²) in [5.41, 5.74) is 11.7. The Labute approximate surface area is 277 Å². The number of aromatic nitrogens is 2. The van der Waals surface area contributed by atoms with E-state index in [1.807, 2.05) is 32.9 Å². The normalized spacial score (nSPS) is 16.3. The molecule has 2 aliphatic heterocycles. The summed E-state index contributed by atoms with van der Waals surface area (Å²) in [4.78, 5) is 60.6. The van der Waals surface area contributed by atoms with Crippen LogP contribution in [0.5, 0.6) is 0 Å². The van der Waals surface area contributed by atoms with Gasteiger partial charge in [0.1, 0.15) is 0 Å². The smallest absolute Gasteiger partial charge is 0.255 e. The maximum atomic E-state index is 12.7. The second-order valence-corrected chi connectivity index (χ2v) is 12.5. The van der Waals surface area contributed by atoms with E-state index >= 15 is 0 Å². The number of rotatable bonds is 12. The van der Waals surface area contributed by atoms with Crippen LogP contribution >= 0.6 is 0 Å². The van der Waals surface area contributed by atoms with Crippen LogP contribution in [-0.4, -0.2) is 71.6 Å². The summed E-state index contributed by atoms with van der Waals surface area (Å²) in [5, 5.41) is 5.87. The van der Waals surface area contributed by atoms with Gasteiger partial charge in [-0.05, 0) is 80.5 Å². The first kappa shape index (κ1) is 34.7. The molecule has 2 aromatic rings. The first-order valence-electron chi connectivity index (χ1n) is 15.7. The Morgan fingerprint density at radius 2 is 1.11 bits per heavy atom. The van der Waals surface area contributed by atoms with Gasteiger partial charge in [-0.2, -0.15) is 0 Å². The molecule has 0 bridgehead atoms. The second-order valence-electron chi connectivity index (χ2n) is 12.5. The Kier molecular flexibility index (Phi) is 10.4. The minimum atomic E-state index is -0.187. The minimum Gasteiger partial charge on any atom is -0.358 e. The number of hydrogen-bond acceptors (Lipinski definition) is 4. The van der Waals surface area contributed by atoms with E-state index in [0.717, 1.165) is 56.2 Å². The van der Waals surface area contributed by atoms with Crippen molar-refractivity contribution in [1.82, 2.24) is 30.4 Å². The molecule has 0 radical (unpaired) electrons. The van der Waals surface area contributed by atoms with Crippen LogP contribution in [0.2, 0.25) is 0 Å². The van der Waals surface area contributed by atoms with Crippen molar-refractivity contribution in [1.29, 1.82) is 0 Å². The van der Waals surface area contributed by atoms with Crippen molar-refractivity contribution in [3.63, 3.8) is 0 Å². The van der Waals surface area contributed by atoms with E-state index in [0.29, 0.717) is 54.6 Å². The average Bonchev–Trinajstić information content (AvgIpc) is 3.66. The van der Waals surface area contributed by atoms with Crippen molar-refractivity contribution in [2.45, 2.75) is 59.8 Å². The third kappa shape index (κ3) is 7.16. The average molecular weight is 639 g/mol. The molecule has 47 heavy (non-hydrogen) atoms. The fourth-order valence-electron chi connectivity index (χ4n) is 6.06. The lowest BCUT2D eigenvalue weighted by Gasteiger charge is -2.12. The highest BCUT2D eigenvalue weighted by Crippen LogP contribution is 2.31. The van der Waals surface area contributed by atoms with Crippen LogP contribution < -0.4 is 10.6 Å². The van der Waals surface area contributed by atoms with Crippen LogP contribution in [0.25, 0.3) is 12.2 Å². The van der Waals surface area contributed by atoms with E-state index in [9.17, 15) is 19.2 Å². The molecule has 0 saturated heterocycles. The summed E-state index contributed by atoms with van der Waals surface area (Å²) < 4.78 is 0. The predicted octanol–water partition coefficient (Wildman–Crippen LogP) is 4.54. The maximum Gasteiger partial charge on any atom is 0.255 e. The van der Waals surface area contributed by atoms with Gasteiger partial charge < -0.3 is 30.4 Å². The van der Waals surface area contributed by atoms with Gasteiger partial charge in [0.05, 0.1) is 5.70 Å². The number of carbonyl (C=O) groups excluding carboxylic acids is 4. The molecule has 0 aliphatic carbocycles. The Hall–Kier alpha value is -5.12. The van der Waals surface area contributed by atoms with E-state index in [1.165, 1.54) is 0 Å². The number of allylic oxidation sites excluding steroid dienone is 2. The van der Waals surface area contributed by atoms with E-state index in [4.69, 9.17) is 0 Å². The van der Waals surface area contributed by atoms with Crippen LogP contribution in [0.3, 0.4) is 0 Å². The molecule has 2 aliphatic rings. The zero-order chi connectivity index (χ0) is 34.7. The first-order chi connectivity index (χ1) is 22.2. The van der Waals surface area contributed by atoms with Crippen molar-refractivity contribution in [2.75, 3.05) is 28.2 Å². The number of hydrogen-bond donors (Lipinski definition) is 4. The molecule has 0 spiro atoms.